The van der Waals surface area contributed by atoms with E-state index in [1.165, 1.54) is 12.1 Å². The van der Waals surface area contributed by atoms with Crippen LogP contribution in [0, 0.1) is 5.82 Å². The molecule has 4 rings (SSSR count). The molecule has 132 valence electrons. The number of benzene rings is 1. The van der Waals surface area contributed by atoms with E-state index in [9.17, 15) is 9.18 Å². The lowest BCUT2D eigenvalue weighted by Crippen LogP contribution is -2.48. The van der Waals surface area contributed by atoms with Crippen LogP contribution >= 0.6 is 0 Å². The first-order valence-corrected chi connectivity index (χ1v) is 8.41. The van der Waals surface area contributed by atoms with Crippen molar-refractivity contribution in [2.45, 2.75) is 31.3 Å². The molecule has 2 heterocycles. The number of carbonyl (C=O) groups excluding carboxylic acids is 1. The molecule has 1 N–H and O–H groups in total. The summed E-state index contributed by atoms with van der Waals surface area (Å²) in [4.78, 5) is 18.6. The second-order valence-electron chi connectivity index (χ2n) is 6.32. The van der Waals surface area contributed by atoms with Crippen molar-refractivity contribution in [3.63, 3.8) is 0 Å². The van der Waals surface area contributed by atoms with Gasteiger partial charge in [-0.2, -0.15) is 4.98 Å². The maximum absolute atomic E-state index is 13.1. The van der Waals surface area contributed by atoms with Crippen molar-refractivity contribution in [1.29, 1.82) is 0 Å². The number of rotatable bonds is 4. The van der Waals surface area contributed by atoms with E-state index < -0.39 is 0 Å². The normalized spacial score (nSPS) is 20.5. The van der Waals surface area contributed by atoms with Gasteiger partial charge in [0, 0.05) is 12.5 Å². The summed E-state index contributed by atoms with van der Waals surface area (Å²) in [7, 11) is 0. The molecule has 2 aliphatic rings. The molecule has 1 aliphatic heterocycles. The summed E-state index contributed by atoms with van der Waals surface area (Å²) in [6, 6.07) is 5.65. The molecule has 1 aliphatic carbocycles. The van der Waals surface area contributed by atoms with Crippen LogP contribution in [0.1, 0.15) is 42.1 Å². The van der Waals surface area contributed by atoms with Gasteiger partial charge in [-0.15, -0.1) is 0 Å². The van der Waals surface area contributed by atoms with Crippen molar-refractivity contribution in [2.24, 2.45) is 0 Å². The van der Waals surface area contributed by atoms with Gasteiger partial charge in [0.05, 0.1) is 25.8 Å². The fraction of sp³-hybridized carbons (Fsp3) is 0.471. The predicted molar refractivity (Wildman–Crippen MR) is 85.2 cm³/mol. The second-order valence-corrected chi connectivity index (χ2v) is 6.32. The lowest BCUT2D eigenvalue weighted by molar-refractivity contribution is 0.0115. The molecular formula is C17H19FN4O3. The summed E-state index contributed by atoms with van der Waals surface area (Å²) in [5.74, 6) is 1.21. The topological polar surface area (TPSA) is 80.5 Å². The highest BCUT2D eigenvalue weighted by atomic mass is 19.1. The van der Waals surface area contributed by atoms with Crippen LogP contribution in [-0.4, -0.2) is 40.8 Å². The Balaban J connectivity index is 1.40. The van der Waals surface area contributed by atoms with Gasteiger partial charge in [-0.3, -0.25) is 0 Å². The summed E-state index contributed by atoms with van der Waals surface area (Å²) in [6.07, 6.45) is 2.17. The van der Waals surface area contributed by atoms with Crippen molar-refractivity contribution in [1.82, 2.24) is 20.4 Å². The molecule has 1 saturated heterocycles. The highest BCUT2D eigenvalue weighted by Gasteiger charge is 2.31. The number of aromatic nitrogens is 2. The number of urea groups is 1. The first-order valence-electron chi connectivity index (χ1n) is 8.41. The summed E-state index contributed by atoms with van der Waals surface area (Å²) >= 11 is 0. The third kappa shape index (κ3) is 3.63. The van der Waals surface area contributed by atoms with Crippen molar-refractivity contribution in [3.05, 3.63) is 47.4 Å². The van der Waals surface area contributed by atoms with E-state index >= 15 is 0 Å². The van der Waals surface area contributed by atoms with Crippen LogP contribution in [0.4, 0.5) is 9.18 Å². The van der Waals surface area contributed by atoms with Gasteiger partial charge >= 0.3 is 6.03 Å². The standard InChI is InChI=1S/C17H19FN4O3/c18-13-5-3-11(4-6-13)14-10-24-8-7-22(14)17(23)19-9-15-20-16(25-21-15)12-1-2-12/h3-6,12,14H,1-2,7-10H2,(H,19,23)/t14-/m0/s1. The predicted octanol–water partition coefficient (Wildman–Crippen LogP) is 2.37. The van der Waals surface area contributed by atoms with Gasteiger partial charge < -0.3 is 19.5 Å². The molecule has 7 nitrogen and oxygen atoms in total. The van der Waals surface area contributed by atoms with E-state index in [4.69, 9.17) is 9.26 Å². The van der Waals surface area contributed by atoms with Gasteiger partial charge in [0.25, 0.3) is 0 Å². The van der Waals surface area contributed by atoms with Crippen LogP contribution in [0.5, 0.6) is 0 Å². The van der Waals surface area contributed by atoms with E-state index in [1.54, 1.807) is 17.0 Å². The largest absolute Gasteiger partial charge is 0.377 e. The summed E-state index contributed by atoms with van der Waals surface area (Å²) in [5.41, 5.74) is 0.840. The maximum Gasteiger partial charge on any atom is 0.318 e. The first kappa shape index (κ1) is 16.0. The molecule has 0 radical (unpaired) electrons. The van der Waals surface area contributed by atoms with E-state index in [2.05, 4.69) is 15.5 Å². The van der Waals surface area contributed by atoms with Gasteiger partial charge in [-0.25, -0.2) is 9.18 Å². The molecule has 2 aromatic rings. The minimum absolute atomic E-state index is 0.211. The maximum atomic E-state index is 13.1. The van der Waals surface area contributed by atoms with Crippen molar-refractivity contribution in [2.75, 3.05) is 19.8 Å². The Labute approximate surface area is 144 Å². The van der Waals surface area contributed by atoms with E-state index in [-0.39, 0.29) is 24.4 Å². The van der Waals surface area contributed by atoms with E-state index in [0.717, 1.165) is 18.4 Å². The number of amides is 2. The van der Waals surface area contributed by atoms with Gasteiger partial charge in [0.2, 0.25) is 5.89 Å². The molecule has 0 bridgehead atoms. The Kier molecular flexibility index (Phi) is 4.35. The highest BCUT2D eigenvalue weighted by molar-refractivity contribution is 5.74. The smallest absolute Gasteiger partial charge is 0.318 e. The highest BCUT2D eigenvalue weighted by Crippen LogP contribution is 2.38. The average molecular weight is 346 g/mol. The monoisotopic (exact) mass is 346 g/mol. The third-order valence-electron chi connectivity index (χ3n) is 4.45. The first-order chi connectivity index (χ1) is 12.2. The second kappa shape index (κ2) is 6.79. The van der Waals surface area contributed by atoms with Crippen molar-refractivity contribution < 1.29 is 18.4 Å². The Morgan fingerprint density at radius 1 is 1.32 bits per heavy atom. The summed E-state index contributed by atoms with van der Waals surface area (Å²) in [5, 5.41) is 6.72. The number of nitrogens with one attached hydrogen (secondary N) is 1. The van der Waals surface area contributed by atoms with Crippen LogP contribution in [0.25, 0.3) is 0 Å². The molecule has 0 unspecified atom stereocenters. The molecule has 1 aromatic carbocycles. The van der Waals surface area contributed by atoms with Crippen LogP contribution in [0.2, 0.25) is 0 Å². The van der Waals surface area contributed by atoms with Crippen LogP contribution in [0.15, 0.2) is 28.8 Å². The van der Waals surface area contributed by atoms with Gasteiger partial charge in [-0.05, 0) is 30.5 Å². The molecule has 1 saturated carbocycles. The fourth-order valence-electron chi connectivity index (χ4n) is 2.90. The fourth-order valence-corrected chi connectivity index (χ4v) is 2.90. The molecule has 1 aromatic heterocycles. The third-order valence-corrected chi connectivity index (χ3v) is 4.45. The molecular weight excluding hydrogens is 327 g/mol. The zero-order valence-corrected chi connectivity index (χ0v) is 13.7. The summed E-state index contributed by atoms with van der Waals surface area (Å²) in [6.45, 7) is 1.53. The zero-order chi connectivity index (χ0) is 17.2. The minimum Gasteiger partial charge on any atom is -0.377 e. The average Bonchev–Trinajstić information content (AvgIpc) is 3.39. The number of nitrogens with zero attached hydrogens (tertiary/aromatic N) is 3. The number of carbonyl (C=O) groups is 1. The van der Waals surface area contributed by atoms with E-state index in [0.29, 0.717) is 37.4 Å². The molecule has 25 heavy (non-hydrogen) atoms. The SMILES string of the molecule is O=C(NCc1noc(C2CC2)n1)N1CCOC[C@H]1c1ccc(F)cc1. The van der Waals surface area contributed by atoms with Gasteiger partial charge in [0.1, 0.15) is 5.82 Å². The lowest BCUT2D eigenvalue weighted by atomic mass is 10.1. The molecule has 2 amide bonds. The number of hydrogen-bond donors (Lipinski definition) is 1. The quantitative estimate of drug-likeness (QED) is 0.919. The Bertz CT molecular complexity index is 745. The minimum atomic E-state index is -0.306. The molecule has 1 atom stereocenters. The number of hydrogen-bond acceptors (Lipinski definition) is 5. The molecule has 0 spiro atoms. The van der Waals surface area contributed by atoms with Crippen LogP contribution < -0.4 is 5.32 Å². The number of morpholine rings is 1. The van der Waals surface area contributed by atoms with Gasteiger partial charge in [0.15, 0.2) is 5.82 Å². The Hall–Kier alpha value is -2.48. The lowest BCUT2D eigenvalue weighted by Gasteiger charge is -2.35. The summed E-state index contributed by atoms with van der Waals surface area (Å²) < 4.78 is 23.8. The van der Waals surface area contributed by atoms with E-state index in [1.807, 2.05) is 0 Å². The van der Waals surface area contributed by atoms with Crippen LogP contribution in [0.3, 0.4) is 0 Å². The number of halogens is 1. The zero-order valence-electron chi connectivity index (χ0n) is 13.7. The van der Waals surface area contributed by atoms with Crippen molar-refractivity contribution >= 4 is 6.03 Å². The van der Waals surface area contributed by atoms with Crippen LogP contribution in [-0.2, 0) is 11.3 Å². The number of ether oxygens (including phenoxy) is 1. The molecule has 2 fully saturated rings. The Morgan fingerprint density at radius 3 is 2.88 bits per heavy atom. The molecule has 8 heteroatoms. The van der Waals surface area contributed by atoms with Crippen molar-refractivity contribution in [3.8, 4) is 0 Å². The van der Waals surface area contributed by atoms with Gasteiger partial charge in [-0.1, -0.05) is 17.3 Å². The Morgan fingerprint density at radius 2 is 2.12 bits per heavy atom.